The van der Waals surface area contributed by atoms with E-state index < -0.39 is 5.97 Å². The van der Waals surface area contributed by atoms with E-state index >= 15 is 0 Å². The number of carbonyl (C=O) groups excluding carboxylic acids is 1. The summed E-state index contributed by atoms with van der Waals surface area (Å²) in [6.07, 6.45) is 3.47. The molecule has 7 nitrogen and oxygen atoms in total. The van der Waals surface area contributed by atoms with E-state index in [0.717, 1.165) is 17.0 Å². The molecule has 1 aromatic heterocycles. The van der Waals surface area contributed by atoms with Crippen LogP contribution in [0.3, 0.4) is 0 Å². The van der Waals surface area contributed by atoms with Crippen molar-refractivity contribution in [3.05, 3.63) is 59.2 Å². The molecule has 1 heterocycles. The molecule has 0 saturated heterocycles. The minimum atomic E-state index is -0.971. The van der Waals surface area contributed by atoms with Crippen molar-refractivity contribution in [1.29, 1.82) is 0 Å². The molecular weight excluding hydrogens is 320 g/mol. The molecule has 0 aliphatic rings. The molecular formula is C18H22N4O3. The van der Waals surface area contributed by atoms with Crippen LogP contribution in [0.5, 0.6) is 0 Å². The topological polar surface area (TPSA) is 95.4 Å². The van der Waals surface area contributed by atoms with Crippen molar-refractivity contribution >= 4 is 12.0 Å². The molecule has 0 atom stereocenters. The summed E-state index contributed by atoms with van der Waals surface area (Å²) in [4.78, 5) is 33.1. The van der Waals surface area contributed by atoms with E-state index in [4.69, 9.17) is 5.11 Å². The Balaban J connectivity index is 1.86. The number of hydrogen-bond acceptors (Lipinski definition) is 4. The van der Waals surface area contributed by atoms with Gasteiger partial charge < -0.3 is 15.3 Å². The van der Waals surface area contributed by atoms with Gasteiger partial charge in [0.1, 0.15) is 5.82 Å². The molecule has 0 spiro atoms. The lowest BCUT2D eigenvalue weighted by molar-refractivity contribution is 0.0697. The summed E-state index contributed by atoms with van der Waals surface area (Å²) in [6.45, 7) is 4.78. The molecule has 2 aromatic rings. The van der Waals surface area contributed by atoms with Gasteiger partial charge in [0.25, 0.3) is 0 Å². The van der Waals surface area contributed by atoms with Crippen LogP contribution in [0.25, 0.3) is 0 Å². The van der Waals surface area contributed by atoms with E-state index in [1.807, 2.05) is 13.8 Å². The molecule has 0 aliphatic carbocycles. The van der Waals surface area contributed by atoms with Crippen LogP contribution in [0.1, 0.15) is 47.1 Å². The van der Waals surface area contributed by atoms with Gasteiger partial charge in [-0.1, -0.05) is 26.0 Å². The molecule has 2 N–H and O–H groups in total. The van der Waals surface area contributed by atoms with Crippen LogP contribution in [0.4, 0.5) is 4.79 Å². The Kier molecular flexibility index (Phi) is 6.05. The summed E-state index contributed by atoms with van der Waals surface area (Å²) in [6, 6.07) is 6.17. The van der Waals surface area contributed by atoms with E-state index in [9.17, 15) is 9.59 Å². The van der Waals surface area contributed by atoms with Gasteiger partial charge in [0.2, 0.25) is 0 Å². The van der Waals surface area contributed by atoms with Gasteiger partial charge in [0.15, 0.2) is 0 Å². The highest BCUT2D eigenvalue weighted by Crippen LogP contribution is 2.09. The number of carboxylic acid groups (broad SMARTS) is 1. The minimum Gasteiger partial charge on any atom is -0.478 e. The third kappa shape index (κ3) is 5.27. The molecule has 0 unspecified atom stereocenters. The second kappa shape index (κ2) is 8.23. The first kappa shape index (κ1) is 18.4. The lowest BCUT2D eigenvalue weighted by atomic mass is 10.1. The Labute approximate surface area is 146 Å². The molecule has 0 radical (unpaired) electrons. The Morgan fingerprint density at radius 2 is 1.72 bits per heavy atom. The average Bonchev–Trinajstić information content (AvgIpc) is 2.60. The fourth-order valence-electron chi connectivity index (χ4n) is 2.17. The fraction of sp³-hybridized carbons (Fsp3) is 0.333. The standard InChI is InChI=1S/C18H22N4O3/c1-12(2)16-19-9-14(10-20-16)11-22(3)18(25)21-8-13-4-6-15(7-5-13)17(23)24/h4-7,9-10,12H,8,11H2,1-3H3,(H,21,25)(H,23,24). The van der Waals surface area contributed by atoms with E-state index in [-0.39, 0.29) is 17.5 Å². The molecule has 2 rings (SSSR count). The van der Waals surface area contributed by atoms with Gasteiger partial charge in [-0.3, -0.25) is 0 Å². The largest absolute Gasteiger partial charge is 0.478 e. The summed E-state index contributed by atoms with van der Waals surface area (Å²) in [5.74, 6) is 0.0734. The van der Waals surface area contributed by atoms with E-state index in [2.05, 4.69) is 15.3 Å². The van der Waals surface area contributed by atoms with Gasteiger partial charge in [0, 0.05) is 37.5 Å². The first-order chi connectivity index (χ1) is 11.9. The van der Waals surface area contributed by atoms with Gasteiger partial charge in [-0.15, -0.1) is 0 Å². The Morgan fingerprint density at radius 1 is 1.12 bits per heavy atom. The second-order valence-electron chi connectivity index (χ2n) is 6.12. The van der Waals surface area contributed by atoms with Crippen LogP contribution in [0.15, 0.2) is 36.7 Å². The van der Waals surface area contributed by atoms with Crippen molar-refractivity contribution < 1.29 is 14.7 Å². The first-order valence-electron chi connectivity index (χ1n) is 7.99. The van der Waals surface area contributed by atoms with Crippen LogP contribution >= 0.6 is 0 Å². The van der Waals surface area contributed by atoms with Crippen LogP contribution in [0, 0.1) is 0 Å². The number of carboxylic acids is 1. The summed E-state index contributed by atoms with van der Waals surface area (Å²) >= 11 is 0. The summed E-state index contributed by atoms with van der Waals surface area (Å²) in [7, 11) is 1.69. The number of amides is 2. The molecule has 25 heavy (non-hydrogen) atoms. The van der Waals surface area contributed by atoms with E-state index in [0.29, 0.717) is 13.1 Å². The Bertz CT molecular complexity index is 727. The number of benzene rings is 1. The van der Waals surface area contributed by atoms with Crippen molar-refractivity contribution in [3.8, 4) is 0 Å². The number of aromatic carboxylic acids is 1. The molecule has 0 fully saturated rings. The highest BCUT2D eigenvalue weighted by molar-refractivity contribution is 5.87. The Morgan fingerprint density at radius 3 is 2.24 bits per heavy atom. The predicted molar refractivity (Wildman–Crippen MR) is 93.2 cm³/mol. The Hall–Kier alpha value is -2.96. The van der Waals surface area contributed by atoms with E-state index in [1.165, 1.54) is 12.1 Å². The second-order valence-corrected chi connectivity index (χ2v) is 6.12. The number of nitrogens with one attached hydrogen (secondary N) is 1. The molecule has 0 aliphatic heterocycles. The van der Waals surface area contributed by atoms with Gasteiger partial charge in [-0.05, 0) is 17.7 Å². The number of carbonyl (C=O) groups is 2. The maximum absolute atomic E-state index is 12.2. The highest BCUT2D eigenvalue weighted by atomic mass is 16.4. The van der Waals surface area contributed by atoms with Crippen molar-refractivity contribution in [3.63, 3.8) is 0 Å². The predicted octanol–water partition coefficient (Wildman–Crippen LogP) is 2.64. The number of urea groups is 1. The lowest BCUT2D eigenvalue weighted by Crippen LogP contribution is -2.36. The quantitative estimate of drug-likeness (QED) is 0.841. The first-order valence-corrected chi connectivity index (χ1v) is 7.99. The molecule has 1 aromatic carbocycles. The van der Waals surface area contributed by atoms with Crippen molar-refractivity contribution in [2.24, 2.45) is 0 Å². The third-order valence-electron chi connectivity index (χ3n) is 3.65. The van der Waals surface area contributed by atoms with Crippen LogP contribution < -0.4 is 5.32 Å². The lowest BCUT2D eigenvalue weighted by Gasteiger charge is -2.18. The van der Waals surface area contributed by atoms with Gasteiger partial charge >= 0.3 is 12.0 Å². The number of hydrogen-bond donors (Lipinski definition) is 2. The molecule has 2 amide bonds. The maximum atomic E-state index is 12.2. The van der Waals surface area contributed by atoms with Gasteiger partial charge in [-0.25, -0.2) is 19.6 Å². The van der Waals surface area contributed by atoms with Crippen molar-refractivity contribution in [2.75, 3.05) is 7.05 Å². The SMILES string of the molecule is CC(C)c1ncc(CN(C)C(=O)NCc2ccc(C(=O)O)cc2)cn1. The van der Waals surface area contributed by atoms with Crippen LogP contribution in [-0.2, 0) is 13.1 Å². The number of nitrogens with zero attached hydrogens (tertiary/aromatic N) is 3. The van der Waals surface area contributed by atoms with Gasteiger partial charge in [0.05, 0.1) is 12.1 Å². The monoisotopic (exact) mass is 342 g/mol. The zero-order valence-corrected chi connectivity index (χ0v) is 14.6. The fourth-order valence-corrected chi connectivity index (χ4v) is 2.17. The normalized spacial score (nSPS) is 10.6. The molecule has 132 valence electrons. The number of aromatic nitrogens is 2. The average molecular weight is 342 g/mol. The summed E-state index contributed by atoms with van der Waals surface area (Å²) in [5.41, 5.74) is 1.90. The van der Waals surface area contributed by atoms with Gasteiger partial charge in [-0.2, -0.15) is 0 Å². The molecule has 7 heteroatoms. The zero-order chi connectivity index (χ0) is 18.4. The van der Waals surface area contributed by atoms with Crippen molar-refractivity contribution in [2.45, 2.75) is 32.9 Å². The zero-order valence-electron chi connectivity index (χ0n) is 14.6. The summed E-state index contributed by atoms with van der Waals surface area (Å²) in [5, 5.41) is 11.7. The van der Waals surface area contributed by atoms with Crippen LogP contribution in [-0.4, -0.2) is 39.0 Å². The third-order valence-corrected chi connectivity index (χ3v) is 3.65. The summed E-state index contributed by atoms with van der Waals surface area (Å²) < 4.78 is 0. The maximum Gasteiger partial charge on any atom is 0.335 e. The molecule has 0 saturated carbocycles. The van der Waals surface area contributed by atoms with Crippen molar-refractivity contribution in [1.82, 2.24) is 20.2 Å². The minimum absolute atomic E-state index is 0.219. The van der Waals surface area contributed by atoms with Crippen LogP contribution in [0.2, 0.25) is 0 Å². The number of rotatable bonds is 6. The smallest absolute Gasteiger partial charge is 0.335 e. The molecule has 0 bridgehead atoms. The van der Waals surface area contributed by atoms with E-state index in [1.54, 1.807) is 36.5 Å². The highest BCUT2D eigenvalue weighted by Gasteiger charge is 2.10.